The molecule has 2 heterocycles. The van der Waals surface area contributed by atoms with Crippen LogP contribution in [0.1, 0.15) is 37.8 Å². The van der Waals surface area contributed by atoms with E-state index in [4.69, 9.17) is 0 Å². The van der Waals surface area contributed by atoms with Crippen molar-refractivity contribution in [3.8, 4) is 0 Å². The molecule has 0 radical (unpaired) electrons. The Kier molecular flexibility index (Phi) is 8.72. The van der Waals surface area contributed by atoms with Crippen LogP contribution in [0, 0.1) is 25.7 Å². The number of amides is 1. The lowest BCUT2D eigenvalue weighted by Gasteiger charge is -2.36. The Morgan fingerprint density at radius 1 is 1.06 bits per heavy atom. The van der Waals surface area contributed by atoms with Gasteiger partial charge in [-0.2, -0.15) is 4.31 Å². The zero-order valence-electron chi connectivity index (χ0n) is 20.1. The van der Waals surface area contributed by atoms with E-state index in [0.29, 0.717) is 42.9 Å². The number of carbonyl (C=O) groups excluding carboxylic acids is 1. The predicted octanol–water partition coefficient (Wildman–Crippen LogP) is 2.09. The second-order valence-corrected chi connectivity index (χ2v) is 11.7. The fourth-order valence-corrected chi connectivity index (χ4v) is 6.41. The Morgan fingerprint density at radius 3 is 2.34 bits per heavy atom. The van der Waals surface area contributed by atoms with Crippen molar-refractivity contribution in [2.45, 2.75) is 45.4 Å². The van der Waals surface area contributed by atoms with Crippen molar-refractivity contribution in [1.29, 1.82) is 0 Å². The first kappa shape index (κ1) is 25.1. The summed E-state index contributed by atoms with van der Waals surface area (Å²) in [7, 11) is -3.67. The minimum Gasteiger partial charge on any atom is -0.340 e. The molecule has 8 heteroatoms. The van der Waals surface area contributed by atoms with Crippen molar-refractivity contribution < 1.29 is 13.2 Å². The molecule has 2 unspecified atom stereocenters. The van der Waals surface area contributed by atoms with E-state index in [1.54, 1.807) is 12.1 Å². The van der Waals surface area contributed by atoms with Crippen molar-refractivity contribution >= 4 is 15.9 Å². The Hall–Kier alpha value is -1.48. The van der Waals surface area contributed by atoms with Gasteiger partial charge >= 0.3 is 0 Å². The first-order valence-corrected chi connectivity index (χ1v) is 13.4. The van der Waals surface area contributed by atoms with Gasteiger partial charge in [-0.15, -0.1) is 0 Å². The van der Waals surface area contributed by atoms with Gasteiger partial charge in [-0.3, -0.25) is 4.79 Å². The van der Waals surface area contributed by atoms with Crippen LogP contribution >= 0.6 is 0 Å². The Bertz CT molecular complexity index is 873. The fraction of sp³-hybridized carbons (Fsp3) is 0.708. The SMILES string of the molecule is Cc1ccc(S(=O)(=O)N(CCC(=O)N2CCNCC2)CCN2CC(C)CC(C)C2)cc1C. The quantitative estimate of drug-likeness (QED) is 0.638. The molecule has 32 heavy (non-hydrogen) atoms. The van der Waals surface area contributed by atoms with Gasteiger partial charge in [-0.05, 0) is 55.4 Å². The lowest BCUT2D eigenvalue weighted by atomic mass is 9.92. The molecular weight excluding hydrogens is 424 g/mol. The first-order chi connectivity index (χ1) is 15.2. The van der Waals surface area contributed by atoms with Gasteiger partial charge in [-0.1, -0.05) is 19.9 Å². The summed E-state index contributed by atoms with van der Waals surface area (Å²) < 4.78 is 28.6. The predicted molar refractivity (Wildman–Crippen MR) is 128 cm³/mol. The Morgan fingerprint density at radius 2 is 1.72 bits per heavy atom. The molecule has 0 saturated carbocycles. The number of hydrogen-bond donors (Lipinski definition) is 1. The number of nitrogens with zero attached hydrogens (tertiary/aromatic N) is 3. The molecule has 2 atom stereocenters. The van der Waals surface area contributed by atoms with Gasteiger partial charge in [-0.25, -0.2) is 8.42 Å². The van der Waals surface area contributed by atoms with Crippen LogP contribution in [-0.4, -0.2) is 87.3 Å². The van der Waals surface area contributed by atoms with E-state index < -0.39 is 10.0 Å². The highest BCUT2D eigenvalue weighted by molar-refractivity contribution is 7.89. The van der Waals surface area contributed by atoms with Crippen molar-refractivity contribution in [3.05, 3.63) is 29.3 Å². The Labute approximate surface area is 194 Å². The minimum absolute atomic E-state index is 0.0343. The van der Waals surface area contributed by atoms with E-state index in [9.17, 15) is 13.2 Å². The van der Waals surface area contributed by atoms with Gasteiger partial charge in [0.15, 0.2) is 0 Å². The van der Waals surface area contributed by atoms with Crippen molar-refractivity contribution in [2.24, 2.45) is 11.8 Å². The summed E-state index contributed by atoms with van der Waals surface area (Å²) in [5.74, 6) is 1.28. The van der Waals surface area contributed by atoms with Crippen LogP contribution in [0.2, 0.25) is 0 Å². The summed E-state index contributed by atoms with van der Waals surface area (Å²) in [5, 5.41) is 3.25. The third-order valence-electron chi connectivity index (χ3n) is 6.77. The summed E-state index contributed by atoms with van der Waals surface area (Å²) in [6, 6.07) is 5.30. The van der Waals surface area contributed by atoms with Crippen molar-refractivity contribution in [3.63, 3.8) is 0 Å². The maximum atomic E-state index is 13.6. The average Bonchev–Trinajstić information content (AvgIpc) is 2.75. The summed E-state index contributed by atoms with van der Waals surface area (Å²) in [4.78, 5) is 17.3. The number of carbonyl (C=O) groups is 1. The van der Waals surface area contributed by atoms with Crippen molar-refractivity contribution in [2.75, 3.05) is 58.9 Å². The zero-order chi connectivity index (χ0) is 23.3. The Balaban J connectivity index is 1.73. The monoisotopic (exact) mass is 464 g/mol. The molecule has 3 rings (SSSR count). The maximum absolute atomic E-state index is 13.6. The lowest BCUT2D eigenvalue weighted by Crippen LogP contribution is -2.48. The van der Waals surface area contributed by atoms with E-state index in [-0.39, 0.29) is 18.9 Å². The highest BCUT2D eigenvalue weighted by Gasteiger charge is 2.28. The van der Waals surface area contributed by atoms with E-state index >= 15 is 0 Å². The summed E-state index contributed by atoms with van der Waals surface area (Å²) in [5.41, 5.74) is 2.03. The second kappa shape index (κ2) is 11.1. The standard InChI is InChI=1S/C24H40N4O3S/c1-19-15-20(2)18-26(17-19)13-14-28(10-7-24(29)27-11-8-25-9-12-27)32(30,31)23-6-5-21(3)22(4)16-23/h5-6,16,19-20,25H,7-15,17-18H2,1-4H3. The molecule has 1 N–H and O–H groups in total. The van der Waals surface area contributed by atoms with Gasteiger partial charge < -0.3 is 15.1 Å². The van der Waals surface area contributed by atoms with E-state index in [1.165, 1.54) is 10.7 Å². The lowest BCUT2D eigenvalue weighted by molar-refractivity contribution is -0.131. The maximum Gasteiger partial charge on any atom is 0.243 e. The molecule has 2 aliphatic heterocycles. The molecule has 1 aromatic carbocycles. The normalized spacial score (nSPS) is 23.0. The molecule has 1 aromatic rings. The topological polar surface area (TPSA) is 73.0 Å². The summed E-state index contributed by atoms with van der Waals surface area (Å²) >= 11 is 0. The van der Waals surface area contributed by atoms with Crippen molar-refractivity contribution in [1.82, 2.24) is 19.4 Å². The van der Waals surface area contributed by atoms with Crippen LogP contribution in [0.5, 0.6) is 0 Å². The van der Waals surface area contributed by atoms with E-state index in [2.05, 4.69) is 24.1 Å². The molecule has 0 aromatic heterocycles. The van der Waals surface area contributed by atoms with E-state index in [1.807, 2.05) is 24.8 Å². The molecule has 2 aliphatic rings. The number of rotatable bonds is 8. The smallest absolute Gasteiger partial charge is 0.243 e. The summed E-state index contributed by atoms with van der Waals surface area (Å²) in [6.07, 6.45) is 1.44. The fourth-order valence-electron chi connectivity index (χ4n) is 4.90. The molecule has 0 aliphatic carbocycles. The molecule has 7 nitrogen and oxygen atoms in total. The van der Waals surface area contributed by atoms with Crippen LogP contribution in [0.15, 0.2) is 23.1 Å². The van der Waals surface area contributed by atoms with Gasteiger partial charge in [0.25, 0.3) is 0 Å². The number of likely N-dealkylation sites (tertiary alicyclic amines) is 1. The van der Waals surface area contributed by atoms with E-state index in [0.717, 1.165) is 37.3 Å². The third-order valence-corrected chi connectivity index (χ3v) is 8.67. The third kappa shape index (κ3) is 6.53. The van der Waals surface area contributed by atoms with Crippen LogP contribution in [-0.2, 0) is 14.8 Å². The number of nitrogens with one attached hydrogen (secondary N) is 1. The molecule has 0 spiro atoms. The van der Waals surface area contributed by atoms with Gasteiger partial charge in [0.2, 0.25) is 15.9 Å². The zero-order valence-corrected chi connectivity index (χ0v) is 21.0. The van der Waals surface area contributed by atoms with Gasteiger partial charge in [0.05, 0.1) is 4.90 Å². The summed E-state index contributed by atoms with van der Waals surface area (Å²) in [6.45, 7) is 14.7. The molecule has 1 amide bonds. The second-order valence-electron chi connectivity index (χ2n) is 9.74. The molecule has 2 fully saturated rings. The molecule has 2 saturated heterocycles. The van der Waals surface area contributed by atoms with Crippen LogP contribution in [0.25, 0.3) is 0 Å². The number of benzene rings is 1. The minimum atomic E-state index is -3.67. The number of sulfonamides is 1. The molecule has 0 bridgehead atoms. The van der Waals surface area contributed by atoms with Crippen LogP contribution in [0.3, 0.4) is 0 Å². The number of hydrogen-bond acceptors (Lipinski definition) is 5. The largest absolute Gasteiger partial charge is 0.340 e. The highest BCUT2D eigenvalue weighted by Crippen LogP contribution is 2.23. The number of aryl methyl sites for hydroxylation is 2. The highest BCUT2D eigenvalue weighted by atomic mass is 32.2. The van der Waals surface area contributed by atoms with Gasteiger partial charge in [0, 0.05) is 65.3 Å². The van der Waals surface area contributed by atoms with Crippen LogP contribution in [0.4, 0.5) is 0 Å². The first-order valence-electron chi connectivity index (χ1n) is 11.9. The number of piperazine rings is 1. The van der Waals surface area contributed by atoms with Crippen LogP contribution < -0.4 is 5.32 Å². The molecular formula is C24H40N4O3S. The number of piperidine rings is 1. The molecule has 180 valence electrons. The van der Waals surface area contributed by atoms with Gasteiger partial charge in [0.1, 0.15) is 0 Å². The average molecular weight is 465 g/mol.